The number of aromatic amines is 1. The smallest absolute Gasteiger partial charge is 0.251 e. The molecule has 2 N–H and O–H groups in total. The van der Waals surface area contributed by atoms with Crippen molar-refractivity contribution in [1.29, 1.82) is 0 Å². The van der Waals surface area contributed by atoms with Gasteiger partial charge in [-0.3, -0.25) is 4.79 Å². The molecule has 1 amide bonds. The Labute approximate surface area is 94.6 Å². The summed E-state index contributed by atoms with van der Waals surface area (Å²) in [5.74, 6) is 0.870. The number of imidazole rings is 1. The SMILES string of the molecule is CC1(C(=O)NCCc2ncc[nH]2)CCCO1. The van der Waals surface area contributed by atoms with Crippen LogP contribution in [0.1, 0.15) is 25.6 Å². The number of nitrogens with one attached hydrogen (secondary N) is 2. The van der Waals surface area contributed by atoms with E-state index in [4.69, 9.17) is 4.74 Å². The largest absolute Gasteiger partial charge is 0.365 e. The molecule has 1 aromatic heterocycles. The molecule has 0 radical (unpaired) electrons. The van der Waals surface area contributed by atoms with Crippen molar-refractivity contribution in [2.75, 3.05) is 13.2 Å². The number of rotatable bonds is 4. The average Bonchev–Trinajstić information content (AvgIpc) is 2.90. The van der Waals surface area contributed by atoms with Gasteiger partial charge >= 0.3 is 0 Å². The van der Waals surface area contributed by atoms with Gasteiger partial charge in [0.25, 0.3) is 5.91 Å². The summed E-state index contributed by atoms with van der Waals surface area (Å²) in [6, 6.07) is 0. The predicted octanol–water partition coefficient (Wildman–Crippen LogP) is 0.637. The van der Waals surface area contributed by atoms with Gasteiger partial charge < -0.3 is 15.0 Å². The van der Waals surface area contributed by atoms with Gasteiger partial charge in [0.1, 0.15) is 11.4 Å². The molecule has 0 bridgehead atoms. The molecule has 2 rings (SSSR count). The summed E-state index contributed by atoms with van der Waals surface area (Å²) in [5, 5.41) is 2.88. The molecule has 1 aromatic rings. The van der Waals surface area contributed by atoms with Crippen molar-refractivity contribution < 1.29 is 9.53 Å². The normalized spacial score (nSPS) is 24.6. The lowest BCUT2D eigenvalue weighted by Gasteiger charge is -2.21. The number of hydrogen-bond donors (Lipinski definition) is 2. The number of nitrogens with zero attached hydrogens (tertiary/aromatic N) is 1. The maximum absolute atomic E-state index is 11.8. The maximum Gasteiger partial charge on any atom is 0.251 e. The van der Waals surface area contributed by atoms with Gasteiger partial charge in [0.15, 0.2) is 0 Å². The number of aromatic nitrogens is 2. The van der Waals surface area contributed by atoms with Gasteiger partial charge in [0, 0.05) is 32.0 Å². The van der Waals surface area contributed by atoms with Gasteiger partial charge in [-0.15, -0.1) is 0 Å². The molecule has 5 nitrogen and oxygen atoms in total. The van der Waals surface area contributed by atoms with Crippen LogP contribution in [-0.4, -0.2) is 34.6 Å². The highest BCUT2D eigenvalue weighted by molar-refractivity contribution is 5.84. The minimum Gasteiger partial charge on any atom is -0.365 e. The monoisotopic (exact) mass is 223 g/mol. The molecule has 1 saturated heterocycles. The van der Waals surface area contributed by atoms with Crippen molar-refractivity contribution >= 4 is 5.91 Å². The van der Waals surface area contributed by atoms with Gasteiger partial charge in [0.2, 0.25) is 0 Å². The molecule has 1 aliphatic heterocycles. The highest BCUT2D eigenvalue weighted by atomic mass is 16.5. The molecule has 0 saturated carbocycles. The second kappa shape index (κ2) is 4.65. The van der Waals surface area contributed by atoms with Crippen LogP contribution >= 0.6 is 0 Å². The molecule has 0 spiro atoms. The minimum absolute atomic E-state index is 0.0171. The van der Waals surface area contributed by atoms with E-state index >= 15 is 0 Å². The van der Waals surface area contributed by atoms with Crippen LogP contribution in [0.2, 0.25) is 0 Å². The van der Waals surface area contributed by atoms with Gasteiger partial charge in [-0.25, -0.2) is 4.98 Å². The van der Waals surface area contributed by atoms with Crippen LogP contribution in [0.5, 0.6) is 0 Å². The Morgan fingerprint density at radius 1 is 1.75 bits per heavy atom. The molecule has 1 fully saturated rings. The maximum atomic E-state index is 11.8. The molecule has 16 heavy (non-hydrogen) atoms. The Morgan fingerprint density at radius 2 is 2.62 bits per heavy atom. The van der Waals surface area contributed by atoms with Crippen molar-refractivity contribution in [2.24, 2.45) is 0 Å². The Kier molecular flexibility index (Phi) is 3.24. The van der Waals surface area contributed by atoms with E-state index in [0.29, 0.717) is 13.2 Å². The van der Waals surface area contributed by atoms with Crippen LogP contribution in [0.4, 0.5) is 0 Å². The summed E-state index contributed by atoms with van der Waals surface area (Å²) >= 11 is 0. The van der Waals surface area contributed by atoms with Crippen LogP contribution < -0.4 is 5.32 Å². The molecule has 5 heteroatoms. The first-order valence-corrected chi connectivity index (χ1v) is 5.61. The van der Waals surface area contributed by atoms with E-state index in [1.54, 1.807) is 12.4 Å². The quantitative estimate of drug-likeness (QED) is 0.787. The summed E-state index contributed by atoms with van der Waals surface area (Å²) in [4.78, 5) is 18.9. The van der Waals surface area contributed by atoms with E-state index < -0.39 is 5.60 Å². The van der Waals surface area contributed by atoms with E-state index in [0.717, 1.165) is 25.1 Å². The molecule has 1 atom stereocenters. The lowest BCUT2D eigenvalue weighted by atomic mass is 10.0. The van der Waals surface area contributed by atoms with E-state index in [2.05, 4.69) is 15.3 Å². The summed E-state index contributed by atoms with van der Waals surface area (Å²) in [6.07, 6.45) is 5.97. The lowest BCUT2D eigenvalue weighted by Crippen LogP contribution is -2.44. The summed E-state index contributed by atoms with van der Waals surface area (Å²) in [7, 11) is 0. The predicted molar refractivity (Wildman–Crippen MR) is 58.9 cm³/mol. The van der Waals surface area contributed by atoms with Gasteiger partial charge in [-0.2, -0.15) is 0 Å². The fourth-order valence-corrected chi connectivity index (χ4v) is 1.87. The van der Waals surface area contributed by atoms with Crippen molar-refractivity contribution in [1.82, 2.24) is 15.3 Å². The second-order valence-corrected chi connectivity index (χ2v) is 4.22. The van der Waals surface area contributed by atoms with Crippen LogP contribution in [0, 0.1) is 0 Å². The molecule has 0 aliphatic carbocycles. The van der Waals surface area contributed by atoms with Crippen LogP contribution in [0.3, 0.4) is 0 Å². The lowest BCUT2D eigenvalue weighted by molar-refractivity contribution is -0.139. The molecular weight excluding hydrogens is 206 g/mol. The van der Waals surface area contributed by atoms with Crippen molar-refractivity contribution in [3.63, 3.8) is 0 Å². The number of ether oxygens (including phenoxy) is 1. The van der Waals surface area contributed by atoms with Crippen molar-refractivity contribution in [3.8, 4) is 0 Å². The molecule has 0 aromatic carbocycles. The Balaban J connectivity index is 1.75. The number of carbonyl (C=O) groups is 1. The third-order valence-corrected chi connectivity index (χ3v) is 2.90. The standard InChI is InChI=1S/C11H17N3O2/c1-11(4-2-8-16-11)10(15)14-5-3-9-12-6-7-13-9/h6-7H,2-5,8H2,1H3,(H,12,13)(H,14,15). The van der Waals surface area contributed by atoms with E-state index in [-0.39, 0.29) is 5.91 Å². The third kappa shape index (κ3) is 2.41. The first-order chi connectivity index (χ1) is 7.71. The molecule has 1 aliphatic rings. The zero-order valence-electron chi connectivity index (χ0n) is 9.45. The average molecular weight is 223 g/mol. The van der Waals surface area contributed by atoms with E-state index in [9.17, 15) is 4.79 Å². The first-order valence-electron chi connectivity index (χ1n) is 5.61. The topological polar surface area (TPSA) is 67.0 Å². The number of amides is 1. The summed E-state index contributed by atoms with van der Waals surface area (Å²) < 4.78 is 5.45. The number of hydrogen-bond acceptors (Lipinski definition) is 3. The van der Waals surface area contributed by atoms with Crippen LogP contribution in [0.15, 0.2) is 12.4 Å². The zero-order valence-corrected chi connectivity index (χ0v) is 9.45. The minimum atomic E-state index is -0.622. The van der Waals surface area contributed by atoms with E-state index in [1.165, 1.54) is 0 Å². The molecular formula is C11H17N3O2. The Hall–Kier alpha value is -1.36. The Morgan fingerprint density at radius 3 is 3.25 bits per heavy atom. The number of carbonyl (C=O) groups excluding carboxylic acids is 1. The fourth-order valence-electron chi connectivity index (χ4n) is 1.87. The van der Waals surface area contributed by atoms with Crippen LogP contribution in [-0.2, 0) is 16.0 Å². The molecule has 1 unspecified atom stereocenters. The highest BCUT2D eigenvalue weighted by Crippen LogP contribution is 2.24. The zero-order chi connectivity index (χ0) is 11.4. The Bertz CT molecular complexity index is 342. The van der Waals surface area contributed by atoms with Gasteiger partial charge in [0.05, 0.1) is 0 Å². The fraction of sp³-hybridized carbons (Fsp3) is 0.636. The van der Waals surface area contributed by atoms with E-state index in [1.807, 2.05) is 6.92 Å². The van der Waals surface area contributed by atoms with Crippen molar-refractivity contribution in [3.05, 3.63) is 18.2 Å². The van der Waals surface area contributed by atoms with Gasteiger partial charge in [-0.1, -0.05) is 0 Å². The van der Waals surface area contributed by atoms with Crippen molar-refractivity contribution in [2.45, 2.75) is 31.8 Å². The number of H-pyrrole nitrogens is 1. The third-order valence-electron chi connectivity index (χ3n) is 2.90. The summed E-state index contributed by atoms with van der Waals surface area (Å²) in [5.41, 5.74) is -0.622. The van der Waals surface area contributed by atoms with Crippen LogP contribution in [0.25, 0.3) is 0 Å². The molecule has 2 heterocycles. The highest BCUT2D eigenvalue weighted by Gasteiger charge is 2.37. The molecule has 88 valence electrons. The summed E-state index contributed by atoms with van der Waals surface area (Å²) in [6.45, 7) is 3.12. The second-order valence-electron chi connectivity index (χ2n) is 4.22. The first kappa shape index (κ1) is 11.1. The van der Waals surface area contributed by atoms with Gasteiger partial charge in [-0.05, 0) is 19.8 Å².